The third-order valence-corrected chi connectivity index (χ3v) is 8.58. The smallest absolute Gasteiger partial charge is 0.255 e. The number of amides is 1. The average Bonchev–Trinajstić information content (AvgIpc) is 2.84. The number of carbonyl (C=O) groups is 1. The average molecular weight is 563 g/mol. The molecule has 1 N–H and O–H groups in total. The van der Waals surface area contributed by atoms with Gasteiger partial charge in [0.15, 0.2) is 0 Å². The zero-order valence-corrected chi connectivity index (χ0v) is 22.7. The summed E-state index contributed by atoms with van der Waals surface area (Å²) in [6.45, 7) is -0.201. The first-order chi connectivity index (χ1) is 16.9. The Balaban J connectivity index is 1.70. The number of hydrazone groups is 1. The zero-order valence-electron chi connectivity index (χ0n) is 20.3. The van der Waals surface area contributed by atoms with Crippen molar-refractivity contribution in [3.05, 3.63) is 64.6 Å². The van der Waals surface area contributed by atoms with E-state index in [0.717, 1.165) is 41.4 Å². The number of benzene rings is 2. The number of sulfonamides is 1. The molecule has 1 aliphatic carbocycles. The predicted octanol–water partition coefficient (Wildman–Crippen LogP) is 6.42. The van der Waals surface area contributed by atoms with Gasteiger partial charge in [0.2, 0.25) is 10.0 Å². The lowest BCUT2D eigenvalue weighted by atomic mass is 10.00. The molecule has 8 heteroatoms. The minimum Gasteiger partial charge on any atom is -0.272 e. The second kappa shape index (κ2) is 14.5. The van der Waals surface area contributed by atoms with Gasteiger partial charge in [-0.05, 0) is 55.5 Å². The van der Waals surface area contributed by atoms with Crippen molar-refractivity contribution < 1.29 is 13.2 Å². The summed E-state index contributed by atoms with van der Waals surface area (Å²) in [5, 5.41) is 4.43. The van der Waals surface area contributed by atoms with Crippen molar-refractivity contribution >= 4 is 37.6 Å². The van der Waals surface area contributed by atoms with Crippen LogP contribution in [-0.4, -0.2) is 30.9 Å². The number of rotatable bonds is 7. The SMILES string of the molecule is O=C(CN(Cc1ccccc1)S(=O)(=O)c1ccc(Br)cc1)NN=C1CCCCCCCCCCC1. The molecule has 0 heterocycles. The third kappa shape index (κ3) is 9.50. The van der Waals surface area contributed by atoms with Crippen molar-refractivity contribution in [1.29, 1.82) is 0 Å². The lowest BCUT2D eigenvalue weighted by Crippen LogP contribution is -2.39. The minimum absolute atomic E-state index is 0.100. The van der Waals surface area contributed by atoms with Crippen molar-refractivity contribution in [2.24, 2.45) is 5.10 Å². The van der Waals surface area contributed by atoms with Crippen LogP contribution in [0.5, 0.6) is 0 Å². The number of hydrogen-bond donors (Lipinski definition) is 1. The first kappa shape index (κ1) is 27.6. The maximum absolute atomic E-state index is 13.4. The van der Waals surface area contributed by atoms with Crippen LogP contribution in [0.4, 0.5) is 0 Å². The predicted molar refractivity (Wildman–Crippen MR) is 145 cm³/mol. The van der Waals surface area contributed by atoms with E-state index in [2.05, 4.69) is 26.5 Å². The Morgan fingerprint density at radius 3 is 1.94 bits per heavy atom. The van der Waals surface area contributed by atoms with Crippen LogP contribution in [-0.2, 0) is 21.4 Å². The van der Waals surface area contributed by atoms with Gasteiger partial charge in [-0.1, -0.05) is 91.2 Å². The van der Waals surface area contributed by atoms with Crippen molar-refractivity contribution in [1.82, 2.24) is 9.73 Å². The Morgan fingerprint density at radius 2 is 1.37 bits per heavy atom. The standard InChI is InChI=1S/C27H36BrN3O3S/c28-24-17-19-26(20-18-24)35(33,34)31(21-23-13-9-8-10-14-23)22-27(32)30-29-25-15-11-6-4-2-1-3-5-7-12-16-25/h8-10,13-14,17-20H,1-7,11-12,15-16,21-22H2,(H,30,32). The first-order valence-corrected chi connectivity index (χ1v) is 14.8. The van der Waals surface area contributed by atoms with E-state index in [4.69, 9.17) is 0 Å². The fraction of sp³-hybridized carbons (Fsp3) is 0.481. The monoisotopic (exact) mass is 561 g/mol. The Kier molecular flexibility index (Phi) is 11.4. The lowest BCUT2D eigenvalue weighted by Gasteiger charge is -2.21. The number of nitrogens with zero attached hydrogens (tertiary/aromatic N) is 2. The summed E-state index contributed by atoms with van der Waals surface area (Å²) in [4.78, 5) is 13.0. The number of carbonyl (C=O) groups excluding carboxylic acids is 1. The van der Waals surface area contributed by atoms with Gasteiger partial charge < -0.3 is 0 Å². The molecule has 0 bridgehead atoms. The maximum atomic E-state index is 13.4. The first-order valence-electron chi connectivity index (χ1n) is 12.6. The molecule has 1 saturated carbocycles. The van der Waals surface area contributed by atoms with Crippen LogP contribution in [0.2, 0.25) is 0 Å². The summed E-state index contributed by atoms with van der Waals surface area (Å²) in [6, 6.07) is 15.8. The molecule has 2 aromatic rings. The van der Waals surface area contributed by atoms with Crippen LogP contribution in [0.15, 0.2) is 69.1 Å². The molecule has 0 aliphatic heterocycles. The van der Waals surface area contributed by atoms with Gasteiger partial charge in [-0.3, -0.25) is 4.79 Å². The van der Waals surface area contributed by atoms with Crippen molar-refractivity contribution in [2.45, 2.75) is 82.1 Å². The lowest BCUT2D eigenvalue weighted by molar-refractivity contribution is -0.121. The topological polar surface area (TPSA) is 78.8 Å². The van der Waals surface area contributed by atoms with E-state index in [1.54, 1.807) is 24.3 Å². The van der Waals surface area contributed by atoms with Gasteiger partial charge in [-0.15, -0.1) is 0 Å². The van der Waals surface area contributed by atoms with Crippen LogP contribution in [0, 0.1) is 0 Å². The number of hydrogen-bond acceptors (Lipinski definition) is 4. The minimum atomic E-state index is -3.88. The molecule has 1 fully saturated rings. The molecule has 35 heavy (non-hydrogen) atoms. The molecule has 2 aromatic carbocycles. The second-order valence-electron chi connectivity index (χ2n) is 9.11. The highest BCUT2D eigenvalue weighted by molar-refractivity contribution is 9.10. The fourth-order valence-corrected chi connectivity index (χ4v) is 5.89. The Labute approximate surface area is 218 Å². The third-order valence-electron chi connectivity index (χ3n) is 6.24. The Bertz CT molecular complexity index is 1040. The second-order valence-corrected chi connectivity index (χ2v) is 12.0. The van der Waals surface area contributed by atoms with Gasteiger partial charge >= 0.3 is 0 Å². The molecule has 1 aliphatic rings. The Morgan fingerprint density at radius 1 is 0.829 bits per heavy atom. The normalized spacial score (nSPS) is 16.2. The van der Waals surface area contributed by atoms with Crippen LogP contribution in [0.3, 0.4) is 0 Å². The van der Waals surface area contributed by atoms with E-state index >= 15 is 0 Å². The number of halogens is 1. The van der Waals surface area contributed by atoms with Crippen LogP contribution >= 0.6 is 15.9 Å². The van der Waals surface area contributed by atoms with Gasteiger partial charge in [0.25, 0.3) is 5.91 Å². The van der Waals surface area contributed by atoms with E-state index in [-0.39, 0.29) is 18.0 Å². The van der Waals surface area contributed by atoms with E-state index in [9.17, 15) is 13.2 Å². The highest BCUT2D eigenvalue weighted by atomic mass is 79.9. The summed E-state index contributed by atoms with van der Waals surface area (Å²) in [6.07, 6.45) is 12.7. The van der Waals surface area contributed by atoms with E-state index in [1.807, 2.05) is 30.3 Å². The molecule has 0 spiro atoms. The highest BCUT2D eigenvalue weighted by Crippen LogP contribution is 2.21. The van der Waals surface area contributed by atoms with Crippen LogP contribution in [0.25, 0.3) is 0 Å². The van der Waals surface area contributed by atoms with Crippen molar-refractivity contribution in [3.63, 3.8) is 0 Å². The van der Waals surface area contributed by atoms with Gasteiger partial charge in [0.05, 0.1) is 11.4 Å². The van der Waals surface area contributed by atoms with Gasteiger partial charge in [0.1, 0.15) is 0 Å². The van der Waals surface area contributed by atoms with E-state index in [1.165, 1.54) is 49.3 Å². The summed E-state index contributed by atoms with van der Waals surface area (Å²) in [5.41, 5.74) is 4.46. The van der Waals surface area contributed by atoms with Crippen LogP contribution < -0.4 is 5.43 Å². The summed E-state index contributed by atoms with van der Waals surface area (Å²) < 4.78 is 28.8. The molecule has 0 saturated heterocycles. The van der Waals surface area contributed by atoms with Gasteiger partial charge in [0, 0.05) is 16.7 Å². The molecular weight excluding hydrogens is 526 g/mol. The van der Waals surface area contributed by atoms with Gasteiger partial charge in [-0.25, -0.2) is 13.8 Å². The molecule has 0 aromatic heterocycles. The quantitative estimate of drug-likeness (QED) is 0.396. The van der Waals surface area contributed by atoms with Crippen molar-refractivity contribution in [3.8, 4) is 0 Å². The molecule has 6 nitrogen and oxygen atoms in total. The number of nitrogens with one attached hydrogen (secondary N) is 1. The van der Waals surface area contributed by atoms with E-state index < -0.39 is 15.9 Å². The molecule has 0 radical (unpaired) electrons. The fourth-order valence-electron chi connectivity index (χ4n) is 4.24. The molecular formula is C27H36BrN3O3S. The maximum Gasteiger partial charge on any atom is 0.255 e. The largest absolute Gasteiger partial charge is 0.272 e. The summed E-state index contributed by atoms with van der Waals surface area (Å²) in [5.74, 6) is -0.430. The molecule has 3 rings (SSSR count). The Hall–Kier alpha value is -2.03. The summed E-state index contributed by atoms with van der Waals surface area (Å²) in [7, 11) is -3.88. The molecule has 0 atom stereocenters. The van der Waals surface area contributed by atoms with E-state index in [0.29, 0.717) is 0 Å². The molecule has 1 amide bonds. The highest BCUT2D eigenvalue weighted by Gasteiger charge is 2.27. The molecule has 190 valence electrons. The zero-order chi connectivity index (χ0) is 24.9. The summed E-state index contributed by atoms with van der Waals surface area (Å²) >= 11 is 3.34. The van der Waals surface area contributed by atoms with Gasteiger partial charge in [-0.2, -0.15) is 9.41 Å². The van der Waals surface area contributed by atoms with Crippen molar-refractivity contribution in [2.75, 3.05) is 6.54 Å². The van der Waals surface area contributed by atoms with Crippen LogP contribution in [0.1, 0.15) is 76.2 Å². The molecule has 0 unspecified atom stereocenters.